The van der Waals surface area contributed by atoms with Gasteiger partial charge in [0.2, 0.25) is 0 Å². The van der Waals surface area contributed by atoms with Crippen molar-refractivity contribution in [2.75, 3.05) is 14.2 Å². The monoisotopic (exact) mass is 289 g/mol. The maximum absolute atomic E-state index is 12.5. The van der Waals surface area contributed by atoms with Gasteiger partial charge in [0.25, 0.3) is 0 Å². The molecule has 7 heteroatoms. The van der Waals surface area contributed by atoms with Crippen molar-refractivity contribution in [1.29, 1.82) is 0 Å². The topological polar surface area (TPSA) is 52.6 Å². The molecule has 1 rings (SSSR count). The molecule has 0 aliphatic heterocycles. The predicted octanol–water partition coefficient (Wildman–Crippen LogP) is 2.01. The minimum atomic E-state index is -4.54. The second-order valence-electron chi connectivity index (χ2n) is 3.91. The highest BCUT2D eigenvalue weighted by atomic mass is 19.4. The first kappa shape index (κ1) is 16.0. The van der Waals surface area contributed by atoms with Crippen LogP contribution in [0.25, 0.3) is 0 Å². The molecule has 4 nitrogen and oxygen atoms in total. The summed E-state index contributed by atoms with van der Waals surface area (Å²) >= 11 is 0. The zero-order valence-electron chi connectivity index (χ0n) is 10.8. The summed E-state index contributed by atoms with van der Waals surface area (Å²) < 4.78 is 46.5. The Balaban J connectivity index is 3.00. The molecule has 0 N–H and O–H groups in total. The fourth-order valence-corrected chi connectivity index (χ4v) is 1.59. The minimum absolute atomic E-state index is 0.164. The van der Waals surface area contributed by atoms with Gasteiger partial charge in [-0.3, -0.25) is 9.59 Å². The summed E-state index contributed by atoms with van der Waals surface area (Å²) in [6.07, 6.45) is -4.78. The summed E-state index contributed by atoms with van der Waals surface area (Å²) in [6, 6.07) is 5.31. The van der Waals surface area contributed by atoms with Gasteiger partial charge < -0.3 is 9.47 Å². The zero-order valence-corrected chi connectivity index (χ0v) is 10.8. The Kier molecular flexibility index (Phi) is 5.12. The van der Waals surface area contributed by atoms with E-state index in [1.54, 1.807) is 0 Å². The molecule has 0 aliphatic carbocycles. The smallest absolute Gasteiger partial charge is 0.417 e. The van der Waals surface area contributed by atoms with Crippen molar-refractivity contribution in [1.82, 2.24) is 0 Å². The van der Waals surface area contributed by atoms with Crippen LogP contribution in [0.3, 0.4) is 0 Å². The van der Waals surface area contributed by atoms with Crippen LogP contribution >= 0.6 is 0 Å². The number of halogens is 3. The third-order valence-corrected chi connectivity index (χ3v) is 2.58. The number of benzene rings is 1. The summed E-state index contributed by atoms with van der Waals surface area (Å²) in [5.74, 6) is -3.02. The van der Waals surface area contributed by atoms with Crippen molar-refractivity contribution < 1.29 is 32.2 Å². The van der Waals surface area contributed by atoms with Crippen molar-refractivity contribution in [2.45, 2.75) is 12.6 Å². The van der Waals surface area contributed by atoms with Gasteiger partial charge in [-0.25, -0.2) is 0 Å². The third kappa shape index (κ3) is 3.97. The second-order valence-corrected chi connectivity index (χ2v) is 3.91. The SMILES string of the molecule is COC(=O)C(Cc1cc[c]c(C(F)(F)F)c1)C(=O)OC. The third-order valence-electron chi connectivity index (χ3n) is 2.58. The normalized spacial score (nSPS) is 11.3. The van der Waals surface area contributed by atoms with Gasteiger partial charge in [0.05, 0.1) is 19.8 Å². The predicted molar refractivity (Wildman–Crippen MR) is 61.5 cm³/mol. The highest BCUT2D eigenvalue weighted by molar-refractivity contribution is 5.95. The van der Waals surface area contributed by atoms with Crippen molar-refractivity contribution in [3.05, 3.63) is 35.4 Å². The van der Waals surface area contributed by atoms with Crippen LogP contribution in [0.1, 0.15) is 11.1 Å². The van der Waals surface area contributed by atoms with E-state index in [0.29, 0.717) is 0 Å². The van der Waals surface area contributed by atoms with Crippen molar-refractivity contribution in [2.24, 2.45) is 5.92 Å². The molecular weight excluding hydrogens is 277 g/mol. The van der Waals surface area contributed by atoms with Crippen molar-refractivity contribution in [3.63, 3.8) is 0 Å². The highest BCUT2D eigenvalue weighted by Gasteiger charge is 2.32. The number of ether oxygens (including phenoxy) is 2. The molecule has 0 fully saturated rings. The standard InChI is InChI=1S/C13H12F3O4/c1-19-11(17)10(12(18)20-2)7-8-4-3-5-9(6-8)13(14,15)16/h3-4,6,10H,7H2,1-2H3. The molecule has 20 heavy (non-hydrogen) atoms. The summed E-state index contributed by atoms with van der Waals surface area (Å²) in [7, 11) is 2.16. The van der Waals surface area contributed by atoms with Crippen LogP contribution < -0.4 is 0 Å². The van der Waals surface area contributed by atoms with E-state index in [-0.39, 0.29) is 12.0 Å². The number of alkyl halides is 3. The molecule has 0 heterocycles. The molecule has 0 spiro atoms. The van der Waals surface area contributed by atoms with E-state index < -0.39 is 29.6 Å². The minimum Gasteiger partial charge on any atom is -0.468 e. The molecule has 0 aliphatic rings. The molecule has 0 aromatic heterocycles. The van der Waals surface area contributed by atoms with Crippen LogP contribution in [0.15, 0.2) is 18.2 Å². The van der Waals surface area contributed by atoms with Crippen LogP contribution in [-0.2, 0) is 31.7 Å². The fraction of sp³-hybridized carbons (Fsp3) is 0.385. The van der Waals surface area contributed by atoms with E-state index in [9.17, 15) is 22.8 Å². The highest BCUT2D eigenvalue weighted by Crippen LogP contribution is 2.29. The Bertz CT molecular complexity index is 481. The average molecular weight is 289 g/mol. The number of carbonyl (C=O) groups excluding carboxylic acids is 2. The molecule has 0 bridgehead atoms. The van der Waals surface area contributed by atoms with Gasteiger partial charge in [0.15, 0.2) is 5.92 Å². The summed E-state index contributed by atoms with van der Waals surface area (Å²) in [6.45, 7) is 0. The van der Waals surface area contributed by atoms with Gasteiger partial charge >= 0.3 is 18.1 Å². The summed E-state index contributed by atoms with van der Waals surface area (Å²) in [5, 5.41) is 0. The van der Waals surface area contributed by atoms with Crippen molar-refractivity contribution >= 4 is 11.9 Å². The first-order valence-corrected chi connectivity index (χ1v) is 5.53. The Morgan fingerprint density at radius 2 is 1.80 bits per heavy atom. The van der Waals surface area contributed by atoms with E-state index in [0.717, 1.165) is 26.4 Å². The van der Waals surface area contributed by atoms with Crippen molar-refractivity contribution in [3.8, 4) is 0 Å². The number of hydrogen-bond donors (Lipinski definition) is 0. The summed E-state index contributed by atoms with van der Waals surface area (Å²) in [5.41, 5.74) is -0.805. The van der Waals surface area contributed by atoms with E-state index in [1.165, 1.54) is 6.07 Å². The first-order chi connectivity index (χ1) is 9.29. The molecule has 109 valence electrons. The lowest BCUT2D eigenvalue weighted by molar-refractivity contribution is -0.158. The van der Waals surface area contributed by atoms with Gasteiger partial charge in [0, 0.05) is 0 Å². The first-order valence-electron chi connectivity index (χ1n) is 5.53. The van der Waals surface area contributed by atoms with Gasteiger partial charge in [-0.15, -0.1) is 0 Å². The van der Waals surface area contributed by atoms with Crippen LogP contribution in [0, 0.1) is 12.0 Å². The van der Waals surface area contributed by atoms with E-state index >= 15 is 0 Å². The van der Waals surface area contributed by atoms with E-state index in [1.807, 2.05) is 0 Å². The molecular formula is C13H12F3O4. The summed E-state index contributed by atoms with van der Waals surface area (Å²) in [4.78, 5) is 22.9. The molecule has 1 radical (unpaired) electrons. The number of hydrogen-bond acceptors (Lipinski definition) is 4. The van der Waals surface area contributed by atoms with Gasteiger partial charge in [-0.05, 0) is 24.1 Å². The van der Waals surface area contributed by atoms with Gasteiger partial charge in [-0.2, -0.15) is 13.2 Å². The maximum Gasteiger partial charge on any atom is 0.417 e. The second kappa shape index (κ2) is 6.40. The van der Waals surface area contributed by atoms with E-state index in [4.69, 9.17) is 0 Å². The number of methoxy groups -OCH3 is 2. The van der Waals surface area contributed by atoms with Crippen LogP contribution in [0.2, 0.25) is 0 Å². The molecule has 1 aromatic rings. The lowest BCUT2D eigenvalue weighted by Gasteiger charge is -2.13. The number of rotatable bonds is 4. The van der Waals surface area contributed by atoms with Crippen LogP contribution in [-0.4, -0.2) is 26.2 Å². The number of esters is 2. The van der Waals surface area contributed by atoms with E-state index in [2.05, 4.69) is 15.5 Å². The Morgan fingerprint density at radius 3 is 2.25 bits per heavy atom. The number of carbonyl (C=O) groups is 2. The average Bonchev–Trinajstić information content (AvgIpc) is 2.42. The van der Waals surface area contributed by atoms with Gasteiger partial charge in [-0.1, -0.05) is 12.1 Å². The molecule has 0 amide bonds. The lowest BCUT2D eigenvalue weighted by atomic mass is 9.98. The molecule has 0 atom stereocenters. The van der Waals surface area contributed by atoms with Gasteiger partial charge in [0.1, 0.15) is 0 Å². The molecule has 1 aromatic carbocycles. The Morgan fingerprint density at radius 1 is 1.25 bits per heavy atom. The Labute approximate surface area is 113 Å². The maximum atomic E-state index is 12.5. The quantitative estimate of drug-likeness (QED) is 0.628. The zero-order chi connectivity index (χ0) is 15.3. The van der Waals surface area contributed by atoms with Crippen LogP contribution in [0.4, 0.5) is 13.2 Å². The molecule has 0 saturated carbocycles. The molecule has 0 unspecified atom stereocenters. The Hall–Kier alpha value is -2.05. The lowest BCUT2D eigenvalue weighted by Crippen LogP contribution is -2.28. The largest absolute Gasteiger partial charge is 0.468 e. The van der Waals surface area contributed by atoms with Crippen LogP contribution in [0.5, 0.6) is 0 Å². The molecule has 0 saturated heterocycles. The fourth-order valence-electron chi connectivity index (χ4n) is 1.59.